The van der Waals surface area contributed by atoms with E-state index < -0.39 is 0 Å². The van der Waals surface area contributed by atoms with Gasteiger partial charge in [-0.2, -0.15) is 0 Å². The number of hydrogen-bond donors (Lipinski definition) is 3. The lowest BCUT2D eigenvalue weighted by molar-refractivity contribution is -0.121. The van der Waals surface area contributed by atoms with Crippen molar-refractivity contribution < 1.29 is 9.59 Å². The van der Waals surface area contributed by atoms with Crippen LogP contribution in [-0.4, -0.2) is 16.8 Å². The molecule has 0 fully saturated rings. The molecule has 5 heteroatoms. The number of nitrogens with one attached hydrogen (secondary N) is 3. The van der Waals surface area contributed by atoms with E-state index in [0.29, 0.717) is 12.8 Å². The van der Waals surface area contributed by atoms with Crippen LogP contribution in [0.1, 0.15) is 37.4 Å². The molecule has 2 aromatic carbocycles. The number of benzene rings is 2. The van der Waals surface area contributed by atoms with Crippen LogP contribution in [-0.2, 0) is 16.0 Å². The topological polar surface area (TPSA) is 74.0 Å². The Bertz CT molecular complexity index is 930. The minimum Gasteiger partial charge on any atom is -0.361 e. The van der Waals surface area contributed by atoms with Gasteiger partial charge in [0.2, 0.25) is 11.8 Å². The number of H-pyrrole nitrogens is 1. The second-order valence-corrected chi connectivity index (χ2v) is 6.50. The molecule has 1 aromatic heterocycles. The number of rotatable bonds is 6. The van der Waals surface area contributed by atoms with Crippen molar-refractivity contribution in [2.45, 2.75) is 32.7 Å². The Labute approximate surface area is 152 Å². The smallest absolute Gasteiger partial charge is 0.221 e. The maximum atomic E-state index is 12.3. The number of carbonyl (C=O) groups is 2. The molecule has 0 saturated heterocycles. The van der Waals surface area contributed by atoms with Crippen LogP contribution in [0.3, 0.4) is 0 Å². The van der Waals surface area contributed by atoms with Gasteiger partial charge in [-0.15, -0.1) is 0 Å². The van der Waals surface area contributed by atoms with Crippen molar-refractivity contribution in [1.29, 1.82) is 0 Å². The van der Waals surface area contributed by atoms with Crippen LogP contribution < -0.4 is 10.6 Å². The molecule has 3 aromatic rings. The van der Waals surface area contributed by atoms with E-state index >= 15 is 0 Å². The largest absolute Gasteiger partial charge is 0.361 e. The van der Waals surface area contributed by atoms with Gasteiger partial charge in [-0.05, 0) is 60.2 Å². The summed E-state index contributed by atoms with van der Waals surface area (Å²) in [6, 6.07) is 15.6. The number of hydrogen-bond acceptors (Lipinski definition) is 2. The summed E-state index contributed by atoms with van der Waals surface area (Å²) in [5.74, 6) is -0.102. The molecule has 0 saturated carbocycles. The Morgan fingerprint density at radius 2 is 1.96 bits per heavy atom. The first-order valence-corrected chi connectivity index (χ1v) is 8.74. The molecular weight excluding hydrogens is 326 g/mol. The molecule has 0 bridgehead atoms. The number of carbonyl (C=O) groups excluding carboxylic acids is 2. The summed E-state index contributed by atoms with van der Waals surface area (Å²) >= 11 is 0. The Kier molecular flexibility index (Phi) is 5.37. The summed E-state index contributed by atoms with van der Waals surface area (Å²) in [6.45, 7) is 3.42. The molecule has 2 amide bonds. The van der Waals surface area contributed by atoms with Crippen molar-refractivity contribution in [3.05, 3.63) is 65.9 Å². The highest BCUT2D eigenvalue weighted by atomic mass is 16.2. The average Bonchev–Trinajstić information content (AvgIpc) is 3.07. The predicted octanol–water partition coefficient (Wildman–Crippen LogP) is 3.94. The standard InChI is InChI=1S/C21H23N3O2/c1-14(17-4-3-5-19(13-17)24-15(2)25)23-21(26)9-7-16-6-8-20-18(12-16)10-11-22-20/h3-6,8,10-14,22H,7,9H2,1-2H3,(H,23,26)(H,24,25)/t14-/m1/s1. The molecule has 5 nitrogen and oxygen atoms in total. The normalized spacial score (nSPS) is 11.9. The van der Waals surface area contributed by atoms with Gasteiger partial charge >= 0.3 is 0 Å². The molecule has 0 aliphatic rings. The van der Waals surface area contributed by atoms with Gasteiger partial charge in [-0.25, -0.2) is 0 Å². The molecule has 0 aliphatic carbocycles. The van der Waals surface area contributed by atoms with E-state index in [-0.39, 0.29) is 17.9 Å². The Morgan fingerprint density at radius 1 is 1.12 bits per heavy atom. The summed E-state index contributed by atoms with van der Waals surface area (Å²) in [5, 5.41) is 6.94. The zero-order valence-corrected chi connectivity index (χ0v) is 15.0. The molecule has 0 spiro atoms. The van der Waals surface area contributed by atoms with E-state index in [9.17, 15) is 9.59 Å². The van der Waals surface area contributed by atoms with Crippen LogP contribution >= 0.6 is 0 Å². The first kappa shape index (κ1) is 17.7. The van der Waals surface area contributed by atoms with Crippen molar-refractivity contribution in [3.63, 3.8) is 0 Å². The van der Waals surface area contributed by atoms with E-state index in [1.54, 1.807) is 0 Å². The van der Waals surface area contributed by atoms with Crippen LogP contribution in [0.25, 0.3) is 10.9 Å². The van der Waals surface area contributed by atoms with Gasteiger partial charge in [0, 0.05) is 30.7 Å². The van der Waals surface area contributed by atoms with Crippen molar-refractivity contribution >= 4 is 28.4 Å². The highest BCUT2D eigenvalue weighted by molar-refractivity contribution is 5.88. The predicted molar refractivity (Wildman–Crippen MR) is 104 cm³/mol. The zero-order chi connectivity index (χ0) is 18.5. The third-order valence-corrected chi connectivity index (χ3v) is 4.34. The number of amides is 2. The molecule has 0 radical (unpaired) electrons. The fraction of sp³-hybridized carbons (Fsp3) is 0.238. The summed E-state index contributed by atoms with van der Waals surface area (Å²) in [4.78, 5) is 26.6. The lowest BCUT2D eigenvalue weighted by atomic mass is 10.1. The number of anilines is 1. The first-order chi connectivity index (χ1) is 12.5. The van der Waals surface area contributed by atoms with Crippen molar-refractivity contribution in [3.8, 4) is 0 Å². The molecule has 1 heterocycles. The Morgan fingerprint density at radius 3 is 2.77 bits per heavy atom. The minimum absolute atomic E-state index is 0.0107. The summed E-state index contributed by atoms with van der Waals surface area (Å²) < 4.78 is 0. The van der Waals surface area contributed by atoms with Gasteiger partial charge in [-0.3, -0.25) is 9.59 Å². The number of aromatic nitrogens is 1. The Balaban J connectivity index is 1.56. The maximum Gasteiger partial charge on any atom is 0.221 e. The number of aryl methyl sites for hydroxylation is 1. The van der Waals surface area contributed by atoms with Crippen LogP contribution in [0.5, 0.6) is 0 Å². The lowest BCUT2D eigenvalue weighted by Gasteiger charge is -2.15. The summed E-state index contributed by atoms with van der Waals surface area (Å²) in [7, 11) is 0. The molecule has 26 heavy (non-hydrogen) atoms. The number of aromatic amines is 1. The fourth-order valence-corrected chi connectivity index (χ4v) is 3.00. The molecule has 0 aliphatic heterocycles. The van der Waals surface area contributed by atoms with Crippen molar-refractivity contribution in [2.24, 2.45) is 0 Å². The molecule has 1 atom stereocenters. The minimum atomic E-state index is -0.122. The van der Waals surface area contributed by atoms with Crippen molar-refractivity contribution in [1.82, 2.24) is 10.3 Å². The quantitative estimate of drug-likeness (QED) is 0.631. The third-order valence-electron chi connectivity index (χ3n) is 4.34. The second-order valence-electron chi connectivity index (χ2n) is 6.50. The molecule has 0 unspecified atom stereocenters. The maximum absolute atomic E-state index is 12.3. The van der Waals surface area contributed by atoms with Crippen LogP contribution in [0.15, 0.2) is 54.7 Å². The van der Waals surface area contributed by atoms with Gasteiger partial charge in [-0.1, -0.05) is 18.2 Å². The summed E-state index contributed by atoms with van der Waals surface area (Å²) in [5.41, 5.74) is 3.94. The average molecular weight is 349 g/mol. The van der Waals surface area contributed by atoms with Gasteiger partial charge in [0.25, 0.3) is 0 Å². The van der Waals surface area contributed by atoms with E-state index in [1.807, 2.05) is 55.6 Å². The van der Waals surface area contributed by atoms with Gasteiger partial charge in [0.05, 0.1) is 6.04 Å². The van der Waals surface area contributed by atoms with Crippen LogP contribution in [0.4, 0.5) is 5.69 Å². The van der Waals surface area contributed by atoms with E-state index in [4.69, 9.17) is 0 Å². The highest BCUT2D eigenvalue weighted by Gasteiger charge is 2.11. The van der Waals surface area contributed by atoms with Gasteiger partial charge < -0.3 is 15.6 Å². The second kappa shape index (κ2) is 7.87. The highest BCUT2D eigenvalue weighted by Crippen LogP contribution is 2.18. The SMILES string of the molecule is CC(=O)Nc1cccc([C@@H](C)NC(=O)CCc2ccc3[nH]ccc3c2)c1. The van der Waals surface area contributed by atoms with E-state index in [2.05, 4.69) is 21.7 Å². The molecule has 3 rings (SSSR count). The third kappa shape index (κ3) is 4.51. The molecule has 3 N–H and O–H groups in total. The molecule has 134 valence electrons. The monoisotopic (exact) mass is 349 g/mol. The molecular formula is C21H23N3O2. The van der Waals surface area contributed by atoms with Crippen molar-refractivity contribution in [2.75, 3.05) is 5.32 Å². The van der Waals surface area contributed by atoms with Crippen LogP contribution in [0, 0.1) is 0 Å². The summed E-state index contributed by atoms with van der Waals surface area (Å²) in [6.07, 6.45) is 3.05. The Hall–Kier alpha value is -3.08. The fourth-order valence-electron chi connectivity index (χ4n) is 3.00. The lowest BCUT2D eigenvalue weighted by Crippen LogP contribution is -2.26. The zero-order valence-electron chi connectivity index (χ0n) is 15.0. The number of fused-ring (bicyclic) bond motifs is 1. The van der Waals surface area contributed by atoms with E-state index in [0.717, 1.165) is 27.7 Å². The van der Waals surface area contributed by atoms with E-state index in [1.165, 1.54) is 6.92 Å². The van der Waals surface area contributed by atoms with Gasteiger partial charge in [0.15, 0.2) is 0 Å². The first-order valence-electron chi connectivity index (χ1n) is 8.74. The van der Waals surface area contributed by atoms with Crippen LogP contribution in [0.2, 0.25) is 0 Å². The van der Waals surface area contributed by atoms with Gasteiger partial charge in [0.1, 0.15) is 0 Å².